The molecule has 0 bridgehead atoms. The first-order valence-electron chi connectivity index (χ1n) is 5.70. The topological polar surface area (TPSA) is 84.9 Å². The maximum absolute atomic E-state index is 13.5. The van der Waals surface area contributed by atoms with E-state index in [1.165, 1.54) is 0 Å². The van der Waals surface area contributed by atoms with Crippen LogP contribution in [0.5, 0.6) is 0 Å². The van der Waals surface area contributed by atoms with Gasteiger partial charge in [-0.05, 0) is 24.3 Å². The Labute approximate surface area is 131 Å². The number of nitrogens with two attached hydrogens (primary N) is 1. The van der Waals surface area contributed by atoms with Crippen molar-refractivity contribution in [3.05, 3.63) is 47.5 Å². The Morgan fingerprint density at radius 1 is 0.870 bits per heavy atom. The van der Waals surface area contributed by atoms with E-state index in [-0.39, 0.29) is 10.6 Å². The van der Waals surface area contributed by atoms with E-state index in [0.29, 0.717) is 0 Å². The van der Waals surface area contributed by atoms with Crippen LogP contribution in [0.1, 0.15) is 0 Å². The molecule has 0 aliphatic rings. The lowest BCUT2D eigenvalue weighted by Crippen LogP contribution is -2.02. The quantitative estimate of drug-likeness (QED) is 0.290. The highest BCUT2D eigenvalue weighted by molar-refractivity contribution is 8.13. The largest absolute Gasteiger partial charge is 0.394 e. The Hall–Kier alpha value is -2.20. The van der Waals surface area contributed by atoms with Crippen LogP contribution in [-0.2, 0) is 9.05 Å². The molecule has 0 saturated carbocycles. The number of azo groups is 1. The van der Waals surface area contributed by atoms with E-state index in [1.807, 2.05) is 0 Å². The third-order valence-electron chi connectivity index (χ3n) is 2.66. The molecule has 23 heavy (non-hydrogen) atoms. The van der Waals surface area contributed by atoms with Crippen LogP contribution in [0.15, 0.2) is 39.4 Å². The molecule has 0 heterocycles. The molecule has 2 aromatic rings. The fourth-order valence-electron chi connectivity index (χ4n) is 1.51. The van der Waals surface area contributed by atoms with Crippen molar-refractivity contribution in [2.24, 2.45) is 10.2 Å². The van der Waals surface area contributed by atoms with Gasteiger partial charge in [-0.2, -0.15) is 5.11 Å². The Kier molecular flexibility index (Phi) is 4.57. The highest BCUT2D eigenvalue weighted by atomic mass is 35.7. The van der Waals surface area contributed by atoms with Gasteiger partial charge in [0.2, 0.25) is 0 Å². The molecule has 122 valence electrons. The number of nitrogens with zero attached hydrogens (tertiary/aromatic N) is 2. The predicted octanol–water partition coefficient (Wildman–Crippen LogP) is 4.17. The summed E-state index contributed by atoms with van der Waals surface area (Å²) in [6.45, 7) is 0. The summed E-state index contributed by atoms with van der Waals surface area (Å²) in [5, 5.41) is 6.45. The first kappa shape index (κ1) is 17.2. The fraction of sp³-hybridized carbons (Fsp3) is 0. The minimum Gasteiger partial charge on any atom is -0.394 e. The number of hydrogen-bond acceptors (Lipinski definition) is 5. The van der Waals surface area contributed by atoms with Crippen molar-refractivity contribution in [3.63, 3.8) is 0 Å². The summed E-state index contributed by atoms with van der Waals surface area (Å²) < 4.78 is 75.6. The van der Waals surface area contributed by atoms with Crippen LogP contribution in [0.2, 0.25) is 0 Å². The van der Waals surface area contributed by atoms with E-state index in [1.54, 1.807) is 0 Å². The van der Waals surface area contributed by atoms with E-state index < -0.39 is 43.7 Å². The Balaban J connectivity index is 2.42. The molecular weight excluding hydrogens is 362 g/mol. The number of hydrogen-bond donors (Lipinski definition) is 1. The zero-order valence-electron chi connectivity index (χ0n) is 10.9. The summed E-state index contributed by atoms with van der Waals surface area (Å²) in [6, 6.07) is 4.37. The fourth-order valence-corrected chi connectivity index (χ4v) is 2.28. The third-order valence-corrected chi connectivity index (χ3v) is 4.03. The third kappa shape index (κ3) is 3.42. The molecule has 0 amide bonds. The summed E-state index contributed by atoms with van der Waals surface area (Å²) in [5.74, 6) is -7.18. The highest BCUT2D eigenvalue weighted by Gasteiger charge is 2.23. The molecule has 2 N–H and O–H groups in total. The molecule has 2 aromatic carbocycles. The monoisotopic (exact) mass is 367 g/mol. The summed E-state index contributed by atoms with van der Waals surface area (Å²) in [5.41, 5.74) is 2.20. The Morgan fingerprint density at radius 2 is 1.35 bits per heavy atom. The van der Waals surface area contributed by atoms with Gasteiger partial charge < -0.3 is 5.73 Å². The molecule has 0 unspecified atom stereocenters. The molecule has 5 nitrogen and oxygen atoms in total. The van der Waals surface area contributed by atoms with E-state index in [4.69, 9.17) is 16.4 Å². The van der Waals surface area contributed by atoms with Crippen molar-refractivity contribution < 1.29 is 26.0 Å². The average molecular weight is 368 g/mol. The van der Waals surface area contributed by atoms with Crippen LogP contribution in [0, 0.1) is 23.3 Å². The second-order valence-corrected chi connectivity index (χ2v) is 6.72. The lowest BCUT2D eigenvalue weighted by molar-refractivity contribution is 0.462. The molecule has 0 aromatic heterocycles. The van der Waals surface area contributed by atoms with Crippen LogP contribution in [0.25, 0.3) is 0 Å². The summed E-state index contributed by atoms with van der Waals surface area (Å²) in [6.07, 6.45) is 0. The van der Waals surface area contributed by atoms with Crippen molar-refractivity contribution in [2.75, 3.05) is 5.73 Å². The van der Waals surface area contributed by atoms with Gasteiger partial charge in [-0.1, -0.05) is 0 Å². The lowest BCUT2D eigenvalue weighted by Gasteiger charge is -2.04. The van der Waals surface area contributed by atoms with Crippen molar-refractivity contribution in [1.82, 2.24) is 0 Å². The highest BCUT2D eigenvalue weighted by Crippen LogP contribution is 2.32. The number of halogens is 5. The molecule has 0 spiro atoms. The molecule has 0 aliphatic heterocycles. The van der Waals surface area contributed by atoms with E-state index in [9.17, 15) is 26.0 Å². The number of anilines is 1. The number of benzene rings is 2. The molecule has 2 rings (SSSR count). The Morgan fingerprint density at radius 3 is 1.78 bits per heavy atom. The van der Waals surface area contributed by atoms with Crippen LogP contribution in [-0.4, -0.2) is 8.42 Å². The van der Waals surface area contributed by atoms with Gasteiger partial charge in [0.15, 0.2) is 29.0 Å². The van der Waals surface area contributed by atoms with Crippen LogP contribution in [0.4, 0.5) is 34.6 Å². The number of nitrogen functional groups attached to an aromatic ring is 1. The van der Waals surface area contributed by atoms with Crippen molar-refractivity contribution in [1.29, 1.82) is 0 Å². The molecule has 0 saturated heterocycles. The van der Waals surface area contributed by atoms with Crippen molar-refractivity contribution >= 4 is 36.8 Å². The van der Waals surface area contributed by atoms with Crippen LogP contribution in [0.3, 0.4) is 0 Å². The number of rotatable bonds is 3. The second-order valence-electron chi connectivity index (χ2n) is 4.15. The predicted molar refractivity (Wildman–Crippen MR) is 74.3 cm³/mol. The molecular formula is C12H6ClF4N3O2S. The summed E-state index contributed by atoms with van der Waals surface area (Å²) >= 11 is 0. The first-order chi connectivity index (χ1) is 10.6. The molecule has 0 fully saturated rings. The molecule has 11 heteroatoms. The molecule has 0 atom stereocenters. The van der Waals surface area contributed by atoms with Gasteiger partial charge in [0.25, 0.3) is 9.05 Å². The van der Waals surface area contributed by atoms with Gasteiger partial charge in [0.1, 0.15) is 5.69 Å². The van der Waals surface area contributed by atoms with Gasteiger partial charge in [-0.3, -0.25) is 0 Å². The van der Waals surface area contributed by atoms with Gasteiger partial charge in [-0.15, -0.1) is 5.11 Å². The molecule has 0 radical (unpaired) electrons. The van der Waals surface area contributed by atoms with E-state index in [2.05, 4.69) is 10.2 Å². The normalized spacial score (nSPS) is 12.0. The lowest BCUT2D eigenvalue weighted by atomic mass is 10.2. The standard InChI is InChI=1S/C12H6ClF4N3O2S/c13-23(21,22)6-3-1-5(2-4-6)19-20-12-9(16)7(14)11(18)8(15)10(12)17/h1-4H,18H2. The van der Waals surface area contributed by atoms with Gasteiger partial charge in [0.05, 0.1) is 10.6 Å². The van der Waals surface area contributed by atoms with Crippen LogP contribution >= 0.6 is 10.7 Å². The minimum absolute atomic E-state index is 0.0366. The van der Waals surface area contributed by atoms with Gasteiger partial charge in [-0.25, -0.2) is 26.0 Å². The summed E-state index contributed by atoms with van der Waals surface area (Å²) in [7, 11) is 1.15. The van der Waals surface area contributed by atoms with Crippen molar-refractivity contribution in [2.45, 2.75) is 4.90 Å². The SMILES string of the molecule is Nc1c(F)c(F)c(N=Nc2ccc(S(=O)(=O)Cl)cc2)c(F)c1F. The first-order valence-corrected chi connectivity index (χ1v) is 8.01. The maximum atomic E-state index is 13.5. The van der Waals surface area contributed by atoms with E-state index >= 15 is 0 Å². The average Bonchev–Trinajstić information content (AvgIpc) is 2.50. The van der Waals surface area contributed by atoms with Crippen LogP contribution < -0.4 is 5.73 Å². The Bertz CT molecular complexity index is 873. The zero-order valence-corrected chi connectivity index (χ0v) is 12.5. The van der Waals surface area contributed by atoms with E-state index in [0.717, 1.165) is 24.3 Å². The summed E-state index contributed by atoms with van der Waals surface area (Å²) in [4.78, 5) is -0.236. The smallest absolute Gasteiger partial charge is 0.261 e. The van der Waals surface area contributed by atoms with Gasteiger partial charge >= 0.3 is 0 Å². The zero-order chi connectivity index (χ0) is 17.4. The minimum atomic E-state index is -3.95. The van der Waals surface area contributed by atoms with Gasteiger partial charge in [0, 0.05) is 10.7 Å². The van der Waals surface area contributed by atoms with Crippen molar-refractivity contribution in [3.8, 4) is 0 Å². The second kappa shape index (κ2) is 6.13. The molecule has 0 aliphatic carbocycles. The maximum Gasteiger partial charge on any atom is 0.261 e.